The number of imidazole rings is 1. The van der Waals surface area contributed by atoms with Crippen LogP contribution < -0.4 is 10.5 Å². The van der Waals surface area contributed by atoms with Crippen molar-refractivity contribution in [3.63, 3.8) is 0 Å². The summed E-state index contributed by atoms with van der Waals surface area (Å²) in [5.41, 5.74) is 2.38. The van der Waals surface area contributed by atoms with Gasteiger partial charge in [0.1, 0.15) is 0 Å². The summed E-state index contributed by atoms with van der Waals surface area (Å²) in [7, 11) is -1.84. The summed E-state index contributed by atoms with van der Waals surface area (Å²) >= 11 is 1.35. The Kier molecular flexibility index (Phi) is 5.03. The number of fused-ring (bicyclic) bond motifs is 1. The minimum Gasteiger partial charge on any atom is -0.325 e. The Labute approximate surface area is 155 Å². The summed E-state index contributed by atoms with van der Waals surface area (Å²) in [5.74, 6) is -0.203. The SMILES string of the molecule is C[C@@H](Sc1nc2ccccc2n1C)C(=O)Nc1ccc(S(N)(=O)=O)cc1. The van der Waals surface area contributed by atoms with Crippen LogP contribution in [0.15, 0.2) is 58.6 Å². The molecule has 1 atom stereocenters. The van der Waals surface area contributed by atoms with Crippen LogP contribution in [0.4, 0.5) is 5.69 Å². The highest BCUT2D eigenvalue weighted by atomic mass is 32.2. The number of benzene rings is 2. The molecule has 0 aliphatic heterocycles. The smallest absolute Gasteiger partial charge is 0.238 e. The maximum Gasteiger partial charge on any atom is 0.238 e. The molecule has 0 aliphatic rings. The number of carbonyl (C=O) groups is 1. The van der Waals surface area contributed by atoms with Gasteiger partial charge in [-0.2, -0.15) is 0 Å². The van der Waals surface area contributed by atoms with Crippen molar-refractivity contribution < 1.29 is 13.2 Å². The van der Waals surface area contributed by atoms with Gasteiger partial charge in [0.2, 0.25) is 15.9 Å². The fourth-order valence-electron chi connectivity index (χ4n) is 2.41. The fourth-order valence-corrected chi connectivity index (χ4v) is 3.82. The Balaban J connectivity index is 1.70. The number of amides is 1. The maximum absolute atomic E-state index is 12.4. The van der Waals surface area contributed by atoms with E-state index in [2.05, 4.69) is 10.3 Å². The van der Waals surface area contributed by atoms with Gasteiger partial charge in [-0.25, -0.2) is 18.5 Å². The fraction of sp³-hybridized carbons (Fsp3) is 0.176. The molecule has 0 spiro atoms. The average Bonchev–Trinajstić information content (AvgIpc) is 2.91. The molecule has 1 amide bonds. The van der Waals surface area contributed by atoms with E-state index in [4.69, 9.17) is 5.14 Å². The molecular weight excluding hydrogens is 372 g/mol. The molecule has 3 rings (SSSR count). The van der Waals surface area contributed by atoms with Gasteiger partial charge in [-0.3, -0.25) is 4.79 Å². The van der Waals surface area contributed by atoms with Gasteiger partial charge >= 0.3 is 0 Å². The Morgan fingerprint density at radius 3 is 2.46 bits per heavy atom. The van der Waals surface area contributed by atoms with Crippen LogP contribution in [0.1, 0.15) is 6.92 Å². The summed E-state index contributed by atoms with van der Waals surface area (Å²) in [4.78, 5) is 17.0. The zero-order valence-corrected chi connectivity index (χ0v) is 15.8. The van der Waals surface area contributed by atoms with E-state index in [9.17, 15) is 13.2 Å². The molecule has 0 unspecified atom stereocenters. The van der Waals surface area contributed by atoms with Gasteiger partial charge in [0.25, 0.3) is 0 Å². The molecule has 0 aliphatic carbocycles. The number of rotatable bonds is 5. The molecule has 0 fully saturated rings. The number of aromatic nitrogens is 2. The molecule has 0 saturated heterocycles. The van der Waals surface area contributed by atoms with Crippen LogP contribution in [0, 0.1) is 0 Å². The van der Waals surface area contributed by atoms with Gasteiger partial charge in [-0.15, -0.1) is 0 Å². The first-order valence-electron chi connectivity index (χ1n) is 7.77. The van der Waals surface area contributed by atoms with Crippen molar-refractivity contribution in [3.05, 3.63) is 48.5 Å². The molecule has 7 nitrogen and oxygen atoms in total. The highest BCUT2D eigenvalue weighted by Gasteiger charge is 2.18. The Morgan fingerprint density at radius 1 is 1.19 bits per heavy atom. The van der Waals surface area contributed by atoms with Gasteiger partial charge < -0.3 is 9.88 Å². The number of carbonyl (C=O) groups excluding carboxylic acids is 1. The normalized spacial score (nSPS) is 12.9. The molecule has 3 N–H and O–H groups in total. The number of anilines is 1. The first-order valence-corrected chi connectivity index (χ1v) is 10.2. The Bertz CT molecular complexity index is 1060. The molecule has 0 bridgehead atoms. The third-order valence-electron chi connectivity index (χ3n) is 3.85. The number of para-hydroxylation sites is 2. The standard InChI is InChI=1S/C17H18N4O3S2/c1-11(25-17-20-14-5-3-4-6-15(14)21(17)2)16(22)19-12-7-9-13(10-8-12)26(18,23)24/h3-11H,1-2H3,(H,19,22)(H2,18,23,24)/t11-/m1/s1. The second kappa shape index (κ2) is 7.10. The number of nitrogens with one attached hydrogen (secondary N) is 1. The second-order valence-corrected chi connectivity index (χ2v) is 8.63. The van der Waals surface area contributed by atoms with E-state index in [0.29, 0.717) is 5.69 Å². The van der Waals surface area contributed by atoms with Gasteiger partial charge in [0, 0.05) is 12.7 Å². The Hall–Kier alpha value is -2.36. The molecule has 1 heterocycles. The number of aryl methyl sites for hydroxylation is 1. The van der Waals surface area contributed by atoms with E-state index >= 15 is 0 Å². The number of primary sulfonamides is 1. The van der Waals surface area contributed by atoms with E-state index in [0.717, 1.165) is 16.2 Å². The summed E-state index contributed by atoms with van der Waals surface area (Å²) in [6, 6.07) is 13.5. The lowest BCUT2D eigenvalue weighted by Crippen LogP contribution is -2.23. The zero-order valence-electron chi connectivity index (χ0n) is 14.2. The first kappa shape index (κ1) is 18.4. The number of sulfonamides is 1. The minimum atomic E-state index is -3.75. The number of hydrogen-bond acceptors (Lipinski definition) is 5. The van der Waals surface area contributed by atoms with Crippen LogP contribution in [0.5, 0.6) is 0 Å². The van der Waals surface area contributed by atoms with Crippen molar-refractivity contribution in [3.8, 4) is 0 Å². The van der Waals surface area contributed by atoms with Gasteiger partial charge in [0.05, 0.1) is 21.2 Å². The van der Waals surface area contributed by atoms with Crippen molar-refractivity contribution >= 4 is 44.4 Å². The molecule has 26 heavy (non-hydrogen) atoms. The summed E-state index contributed by atoms with van der Waals surface area (Å²) in [6.07, 6.45) is 0. The zero-order chi connectivity index (χ0) is 18.9. The van der Waals surface area contributed by atoms with Gasteiger partial charge in [-0.05, 0) is 43.3 Å². The van der Waals surface area contributed by atoms with Crippen molar-refractivity contribution in [1.29, 1.82) is 0 Å². The summed E-state index contributed by atoms with van der Waals surface area (Å²) in [5, 5.41) is 8.18. The van der Waals surface area contributed by atoms with E-state index in [1.54, 1.807) is 6.92 Å². The van der Waals surface area contributed by atoms with Crippen molar-refractivity contribution in [2.24, 2.45) is 12.2 Å². The van der Waals surface area contributed by atoms with Crippen LogP contribution in [0.3, 0.4) is 0 Å². The molecule has 9 heteroatoms. The maximum atomic E-state index is 12.4. The molecular formula is C17H18N4O3S2. The summed E-state index contributed by atoms with van der Waals surface area (Å²) < 4.78 is 24.5. The number of nitrogens with two attached hydrogens (primary N) is 1. The lowest BCUT2D eigenvalue weighted by atomic mass is 10.3. The molecule has 0 saturated carbocycles. The monoisotopic (exact) mass is 390 g/mol. The minimum absolute atomic E-state index is 0.00220. The van der Waals surface area contributed by atoms with E-state index in [1.807, 2.05) is 35.9 Å². The number of thioether (sulfide) groups is 1. The van der Waals surface area contributed by atoms with E-state index in [1.165, 1.54) is 36.0 Å². The van der Waals surface area contributed by atoms with Crippen LogP contribution in [0.25, 0.3) is 11.0 Å². The largest absolute Gasteiger partial charge is 0.325 e. The lowest BCUT2D eigenvalue weighted by Gasteiger charge is -2.12. The van der Waals surface area contributed by atoms with Gasteiger partial charge in [0.15, 0.2) is 5.16 Å². The molecule has 136 valence electrons. The van der Waals surface area contributed by atoms with Crippen LogP contribution >= 0.6 is 11.8 Å². The third-order valence-corrected chi connectivity index (χ3v) is 5.92. The molecule has 0 radical (unpaired) electrons. The Morgan fingerprint density at radius 2 is 1.85 bits per heavy atom. The highest BCUT2D eigenvalue weighted by Crippen LogP contribution is 2.26. The summed E-state index contributed by atoms with van der Waals surface area (Å²) in [6.45, 7) is 1.79. The number of nitrogens with zero attached hydrogens (tertiary/aromatic N) is 2. The van der Waals surface area contributed by atoms with Crippen LogP contribution in [0.2, 0.25) is 0 Å². The van der Waals surface area contributed by atoms with E-state index < -0.39 is 10.0 Å². The lowest BCUT2D eigenvalue weighted by molar-refractivity contribution is -0.115. The average molecular weight is 390 g/mol. The first-order chi connectivity index (χ1) is 12.3. The quantitative estimate of drug-likeness (QED) is 0.650. The number of hydrogen-bond donors (Lipinski definition) is 2. The van der Waals surface area contributed by atoms with Crippen molar-refractivity contribution in [2.75, 3.05) is 5.32 Å². The predicted octanol–water partition coefficient (Wildman–Crippen LogP) is 2.34. The van der Waals surface area contributed by atoms with Crippen LogP contribution in [-0.4, -0.2) is 29.1 Å². The third kappa shape index (κ3) is 3.90. The highest BCUT2D eigenvalue weighted by molar-refractivity contribution is 8.00. The van der Waals surface area contributed by atoms with E-state index in [-0.39, 0.29) is 16.1 Å². The topological polar surface area (TPSA) is 107 Å². The molecule has 1 aromatic heterocycles. The van der Waals surface area contributed by atoms with Gasteiger partial charge in [-0.1, -0.05) is 23.9 Å². The predicted molar refractivity (Wildman–Crippen MR) is 102 cm³/mol. The second-order valence-electron chi connectivity index (χ2n) is 5.76. The molecule has 2 aromatic carbocycles. The molecule has 3 aromatic rings. The van der Waals surface area contributed by atoms with Crippen molar-refractivity contribution in [1.82, 2.24) is 9.55 Å². The van der Waals surface area contributed by atoms with Crippen molar-refractivity contribution in [2.45, 2.75) is 22.2 Å². The van der Waals surface area contributed by atoms with Crippen LogP contribution in [-0.2, 0) is 21.9 Å².